The molecule has 1 aromatic heterocycles. The third-order valence-electron chi connectivity index (χ3n) is 3.71. The molecule has 0 radical (unpaired) electrons. The van der Waals surface area contributed by atoms with Crippen LogP contribution in [0.4, 0.5) is 5.13 Å². The lowest BCUT2D eigenvalue weighted by Gasteiger charge is -2.36. The predicted molar refractivity (Wildman–Crippen MR) is 75.0 cm³/mol. The molecule has 0 unspecified atom stereocenters. The molecule has 2 rings (SSSR count). The lowest BCUT2D eigenvalue weighted by molar-refractivity contribution is -0.117. The van der Waals surface area contributed by atoms with Gasteiger partial charge in [-0.25, -0.2) is 4.98 Å². The Morgan fingerprint density at radius 1 is 1.44 bits per heavy atom. The lowest BCUT2D eigenvalue weighted by atomic mass is 9.79. The van der Waals surface area contributed by atoms with Gasteiger partial charge in [-0.15, -0.1) is 11.3 Å². The molecule has 1 fully saturated rings. The Bertz CT molecular complexity index is 410. The van der Waals surface area contributed by atoms with Crippen LogP contribution in [0.1, 0.15) is 43.4 Å². The van der Waals surface area contributed by atoms with Gasteiger partial charge in [0, 0.05) is 23.0 Å². The number of thiazole rings is 1. The van der Waals surface area contributed by atoms with Gasteiger partial charge >= 0.3 is 0 Å². The number of rotatable bonds is 4. The fraction of sp³-hybridized carbons (Fsp3) is 0.692. The van der Waals surface area contributed by atoms with Crippen LogP contribution in [0.5, 0.6) is 0 Å². The maximum atomic E-state index is 12.1. The first-order chi connectivity index (χ1) is 8.63. The molecule has 1 amide bonds. The smallest absolute Gasteiger partial charge is 0.228 e. The van der Waals surface area contributed by atoms with Crippen molar-refractivity contribution < 1.29 is 4.79 Å². The van der Waals surface area contributed by atoms with Crippen LogP contribution in [0.3, 0.4) is 0 Å². The maximum absolute atomic E-state index is 12.1. The molecule has 0 spiro atoms. The molecule has 1 saturated carbocycles. The maximum Gasteiger partial charge on any atom is 0.228 e. The van der Waals surface area contributed by atoms with Crippen molar-refractivity contribution in [2.24, 2.45) is 0 Å². The average molecular weight is 267 g/mol. The van der Waals surface area contributed by atoms with Crippen LogP contribution >= 0.6 is 11.3 Å². The van der Waals surface area contributed by atoms with Crippen LogP contribution in [0.25, 0.3) is 0 Å². The average Bonchev–Trinajstić information content (AvgIpc) is 2.75. The Balaban J connectivity index is 1.93. The van der Waals surface area contributed by atoms with E-state index >= 15 is 0 Å². The first-order valence-corrected chi connectivity index (χ1v) is 7.36. The molecule has 2 N–H and O–H groups in total. The van der Waals surface area contributed by atoms with Gasteiger partial charge in [-0.2, -0.15) is 0 Å². The van der Waals surface area contributed by atoms with E-state index in [9.17, 15) is 4.79 Å². The minimum Gasteiger partial charge on any atom is -0.314 e. The normalized spacial score (nSPS) is 18.6. The van der Waals surface area contributed by atoms with Crippen molar-refractivity contribution in [3.05, 3.63) is 11.1 Å². The van der Waals surface area contributed by atoms with Crippen molar-refractivity contribution in [1.82, 2.24) is 10.3 Å². The standard InChI is InChI=1S/C13H21N3OS/c1-10-9-15-12(18-10)16-11(17)8-13(14-2)6-4-3-5-7-13/h9,14H,3-8H2,1-2H3,(H,15,16,17). The van der Waals surface area contributed by atoms with E-state index in [1.165, 1.54) is 30.6 Å². The molecule has 0 bridgehead atoms. The largest absolute Gasteiger partial charge is 0.314 e. The zero-order chi connectivity index (χ0) is 13.0. The molecule has 0 aliphatic heterocycles. The minimum absolute atomic E-state index is 0.00532. The SMILES string of the molecule is CNC1(CC(=O)Nc2ncc(C)s2)CCCCC1. The zero-order valence-corrected chi connectivity index (χ0v) is 11.9. The highest BCUT2D eigenvalue weighted by Crippen LogP contribution is 2.31. The highest BCUT2D eigenvalue weighted by Gasteiger charge is 2.32. The van der Waals surface area contributed by atoms with Crippen LogP contribution in [0.15, 0.2) is 6.20 Å². The zero-order valence-electron chi connectivity index (χ0n) is 11.1. The molecule has 1 aliphatic carbocycles. The summed E-state index contributed by atoms with van der Waals surface area (Å²) in [6.07, 6.45) is 8.23. The number of carbonyl (C=O) groups excluding carboxylic acids is 1. The van der Waals surface area contributed by atoms with Crippen molar-refractivity contribution in [1.29, 1.82) is 0 Å². The first kappa shape index (κ1) is 13.5. The number of aromatic nitrogens is 1. The topological polar surface area (TPSA) is 54.0 Å². The monoisotopic (exact) mass is 267 g/mol. The molecular formula is C13H21N3OS. The van der Waals surface area contributed by atoms with Crippen molar-refractivity contribution >= 4 is 22.4 Å². The van der Waals surface area contributed by atoms with Crippen LogP contribution in [-0.4, -0.2) is 23.5 Å². The molecule has 0 saturated heterocycles. The summed E-state index contributed by atoms with van der Waals surface area (Å²) in [7, 11) is 1.96. The van der Waals surface area contributed by atoms with Gasteiger partial charge in [0.15, 0.2) is 5.13 Å². The molecule has 0 aromatic carbocycles. The number of anilines is 1. The summed E-state index contributed by atoms with van der Waals surface area (Å²) in [4.78, 5) is 17.4. The molecule has 100 valence electrons. The summed E-state index contributed by atoms with van der Waals surface area (Å²) in [6.45, 7) is 1.99. The summed E-state index contributed by atoms with van der Waals surface area (Å²) in [5.74, 6) is 0.0700. The Labute approximate surface area is 112 Å². The molecule has 4 nitrogen and oxygen atoms in total. The highest BCUT2D eigenvalue weighted by molar-refractivity contribution is 7.15. The van der Waals surface area contributed by atoms with E-state index in [4.69, 9.17) is 0 Å². The van der Waals surface area contributed by atoms with Gasteiger partial charge in [0.1, 0.15) is 0 Å². The van der Waals surface area contributed by atoms with E-state index in [-0.39, 0.29) is 11.4 Å². The molecule has 5 heteroatoms. The minimum atomic E-state index is -0.00532. The van der Waals surface area contributed by atoms with Gasteiger partial charge in [0.05, 0.1) is 0 Å². The van der Waals surface area contributed by atoms with Crippen LogP contribution in [-0.2, 0) is 4.79 Å². The van der Waals surface area contributed by atoms with E-state index in [2.05, 4.69) is 15.6 Å². The second-order valence-corrected chi connectivity index (χ2v) is 6.33. The Hall–Kier alpha value is -0.940. The number of nitrogens with one attached hydrogen (secondary N) is 2. The Kier molecular flexibility index (Phi) is 4.35. The van der Waals surface area contributed by atoms with Gasteiger partial charge in [0.25, 0.3) is 0 Å². The third-order valence-corrected chi connectivity index (χ3v) is 4.54. The summed E-state index contributed by atoms with van der Waals surface area (Å²) in [6, 6.07) is 0. The molecule has 0 atom stereocenters. The van der Waals surface area contributed by atoms with Crippen molar-refractivity contribution in [2.75, 3.05) is 12.4 Å². The summed E-state index contributed by atoms with van der Waals surface area (Å²) >= 11 is 1.52. The number of aryl methyl sites for hydroxylation is 1. The second-order valence-electron chi connectivity index (χ2n) is 5.09. The molecular weight excluding hydrogens is 246 g/mol. The van der Waals surface area contributed by atoms with E-state index in [0.29, 0.717) is 11.6 Å². The van der Waals surface area contributed by atoms with Gasteiger partial charge in [-0.3, -0.25) is 4.79 Å². The van der Waals surface area contributed by atoms with Gasteiger partial charge in [-0.05, 0) is 26.8 Å². The number of amides is 1. The lowest BCUT2D eigenvalue weighted by Crippen LogP contribution is -2.47. The summed E-state index contributed by atoms with van der Waals surface area (Å²) < 4.78 is 0. The summed E-state index contributed by atoms with van der Waals surface area (Å²) in [5, 5.41) is 6.97. The number of carbonyl (C=O) groups is 1. The molecule has 1 aromatic rings. The van der Waals surface area contributed by atoms with E-state index < -0.39 is 0 Å². The number of hydrogen-bond donors (Lipinski definition) is 2. The van der Waals surface area contributed by atoms with E-state index in [0.717, 1.165) is 17.7 Å². The first-order valence-electron chi connectivity index (χ1n) is 6.55. The number of hydrogen-bond acceptors (Lipinski definition) is 4. The Morgan fingerprint density at radius 2 is 2.17 bits per heavy atom. The fourth-order valence-electron chi connectivity index (χ4n) is 2.63. The molecule has 1 aliphatic rings. The van der Waals surface area contributed by atoms with Gasteiger partial charge in [0.2, 0.25) is 5.91 Å². The number of nitrogens with zero attached hydrogens (tertiary/aromatic N) is 1. The van der Waals surface area contributed by atoms with E-state index in [1.54, 1.807) is 6.20 Å². The third kappa shape index (κ3) is 3.29. The molecule has 1 heterocycles. The molecule has 18 heavy (non-hydrogen) atoms. The highest BCUT2D eigenvalue weighted by atomic mass is 32.1. The van der Waals surface area contributed by atoms with Crippen LogP contribution < -0.4 is 10.6 Å². The fourth-order valence-corrected chi connectivity index (χ4v) is 3.31. The second kappa shape index (κ2) is 5.80. The van der Waals surface area contributed by atoms with E-state index in [1.807, 2.05) is 14.0 Å². The Morgan fingerprint density at radius 3 is 2.72 bits per heavy atom. The van der Waals surface area contributed by atoms with Gasteiger partial charge < -0.3 is 10.6 Å². The summed E-state index contributed by atoms with van der Waals surface area (Å²) in [5.41, 5.74) is -0.00532. The quantitative estimate of drug-likeness (QED) is 0.882. The van der Waals surface area contributed by atoms with Crippen molar-refractivity contribution in [3.63, 3.8) is 0 Å². The van der Waals surface area contributed by atoms with Crippen LogP contribution in [0.2, 0.25) is 0 Å². The van der Waals surface area contributed by atoms with Gasteiger partial charge in [-0.1, -0.05) is 19.3 Å². The predicted octanol–water partition coefficient (Wildman–Crippen LogP) is 2.70. The van der Waals surface area contributed by atoms with Crippen molar-refractivity contribution in [3.8, 4) is 0 Å². The van der Waals surface area contributed by atoms with Crippen LogP contribution in [0, 0.1) is 6.92 Å². The van der Waals surface area contributed by atoms with Crippen molar-refractivity contribution in [2.45, 2.75) is 51.0 Å².